The van der Waals surface area contributed by atoms with Gasteiger partial charge in [-0.05, 0) is 80.9 Å². The summed E-state index contributed by atoms with van der Waals surface area (Å²) in [4.78, 5) is 7.05. The number of likely N-dealkylation sites (tertiary alicyclic amines) is 1. The minimum Gasteiger partial charge on any atom is -0.493 e. The van der Waals surface area contributed by atoms with Crippen molar-refractivity contribution in [3.8, 4) is 11.5 Å². The minimum absolute atomic E-state index is 0.287. The highest BCUT2D eigenvalue weighted by atomic mass is 35.5. The Hall–Kier alpha value is -2.71. The number of nitrogens with zero attached hydrogens (tertiary/aromatic N) is 2. The third-order valence-electron chi connectivity index (χ3n) is 5.45. The maximum Gasteiger partial charge on any atom is 0.573 e. The number of alkyl halides is 3. The third kappa shape index (κ3) is 6.65. The van der Waals surface area contributed by atoms with Crippen molar-refractivity contribution in [1.82, 2.24) is 9.88 Å². The summed E-state index contributed by atoms with van der Waals surface area (Å²) < 4.78 is 46.9. The fourth-order valence-electron chi connectivity index (χ4n) is 3.89. The molecule has 0 spiro atoms. The van der Waals surface area contributed by atoms with Gasteiger partial charge < -0.3 is 19.7 Å². The Morgan fingerprint density at radius 3 is 2.45 bits per heavy atom. The van der Waals surface area contributed by atoms with Gasteiger partial charge in [-0.25, -0.2) is 4.98 Å². The van der Waals surface area contributed by atoms with Gasteiger partial charge in [0.1, 0.15) is 17.3 Å². The Kier molecular flexibility index (Phi) is 7.45. The first-order valence-electron chi connectivity index (χ1n) is 10.9. The van der Waals surface area contributed by atoms with Gasteiger partial charge in [0, 0.05) is 17.6 Å². The maximum atomic E-state index is 12.3. The Bertz CT molecular complexity index is 1070. The Morgan fingerprint density at radius 1 is 0.970 bits per heavy atom. The van der Waals surface area contributed by atoms with E-state index in [4.69, 9.17) is 16.3 Å². The molecule has 5 nitrogen and oxygen atoms in total. The van der Waals surface area contributed by atoms with Crippen molar-refractivity contribution >= 4 is 34.0 Å². The highest BCUT2D eigenvalue weighted by Gasteiger charge is 2.30. The molecule has 1 aliphatic rings. The summed E-state index contributed by atoms with van der Waals surface area (Å²) >= 11 is 6.37. The normalized spacial score (nSPS) is 14.9. The molecular weight excluding hydrogens is 455 g/mol. The molecule has 0 saturated carbocycles. The van der Waals surface area contributed by atoms with Gasteiger partial charge in [0.25, 0.3) is 0 Å². The summed E-state index contributed by atoms with van der Waals surface area (Å²) in [7, 11) is 0. The Morgan fingerprint density at radius 2 is 1.73 bits per heavy atom. The molecule has 1 aromatic heterocycles. The highest BCUT2D eigenvalue weighted by molar-refractivity contribution is 6.35. The number of pyridine rings is 1. The molecule has 4 rings (SSSR count). The summed E-state index contributed by atoms with van der Waals surface area (Å²) in [5, 5.41) is 4.36. The lowest BCUT2D eigenvalue weighted by Crippen LogP contribution is -2.31. The molecule has 176 valence electrons. The van der Waals surface area contributed by atoms with Crippen LogP contribution in [0, 0.1) is 0 Å². The van der Waals surface area contributed by atoms with Crippen LogP contribution < -0.4 is 14.8 Å². The minimum atomic E-state index is -4.72. The molecule has 33 heavy (non-hydrogen) atoms. The maximum absolute atomic E-state index is 12.3. The van der Waals surface area contributed by atoms with E-state index in [2.05, 4.69) is 19.9 Å². The van der Waals surface area contributed by atoms with Crippen LogP contribution in [-0.4, -0.2) is 42.5 Å². The third-order valence-corrected chi connectivity index (χ3v) is 5.76. The molecule has 0 unspecified atom stereocenters. The molecule has 1 aliphatic heterocycles. The predicted octanol–water partition coefficient (Wildman–Crippen LogP) is 6.79. The van der Waals surface area contributed by atoms with Crippen LogP contribution in [0.15, 0.2) is 48.5 Å². The standard InChI is InChI=1S/C24H25ClF3N3O2/c25-20-10-11-21(32-16-4-15-31-13-2-1-3-14-31)19-9-12-22(30-23(19)20)29-17-5-7-18(8-6-17)33-24(26,27)28/h5-12H,1-4,13-16H2,(H,29,30). The zero-order valence-corrected chi connectivity index (χ0v) is 18.8. The molecule has 0 aliphatic carbocycles. The lowest BCUT2D eigenvalue weighted by molar-refractivity contribution is -0.274. The molecule has 3 aromatic rings. The second-order valence-corrected chi connectivity index (χ2v) is 8.35. The molecule has 9 heteroatoms. The van der Waals surface area contributed by atoms with E-state index in [1.54, 1.807) is 12.1 Å². The van der Waals surface area contributed by atoms with Crippen LogP contribution in [0.3, 0.4) is 0 Å². The second kappa shape index (κ2) is 10.5. The van der Waals surface area contributed by atoms with Crippen molar-refractivity contribution in [3.05, 3.63) is 53.6 Å². The number of rotatable bonds is 8. The fraction of sp³-hybridized carbons (Fsp3) is 0.375. The molecular formula is C24H25ClF3N3O2. The van der Waals surface area contributed by atoms with E-state index >= 15 is 0 Å². The van der Waals surface area contributed by atoms with Gasteiger partial charge in [-0.3, -0.25) is 0 Å². The van der Waals surface area contributed by atoms with Crippen molar-refractivity contribution in [2.45, 2.75) is 32.0 Å². The molecule has 2 heterocycles. The lowest BCUT2D eigenvalue weighted by Gasteiger charge is -2.26. The molecule has 1 fully saturated rings. The number of aromatic nitrogens is 1. The highest BCUT2D eigenvalue weighted by Crippen LogP contribution is 2.32. The molecule has 1 N–H and O–H groups in total. The summed E-state index contributed by atoms with van der Waals surface area (Å²) in [6, 6.07) is 12.7. The summed E-state index contributed by atoms with van der Waals surface area (Å²) in [5.41, 5.74) is 1.16. The Balaban J connectivity index is 1.40. The van der Waals surface area contributed by atoms with Crippen molar-refractivity contribution < 1.29 is 22.6 Å². The Labute approximate surface area is 195 Å². The summed E-state index contributed by atoms with van der Waals surface area (Å²) in [5.74, 6) is 0.946. The van der Waals surface area contributed by atoms with E-state index < -0.39 is 6.36 Å². The van der Waals surface area contributed by atoms with Crippen LogP contribution >= 0.6 is 11.6 Å². The largest absolute Gasteiger partial charge is 0.573 e. The molecule has 0 amide bonds. The number of ether oxygens (including phenoxy) is 2. The quantitative estimate of drug-likeness (QED) is 0.360. The first-order valence-corrected chi connectivity index (χ1v) is 11.3. The number of benzene rings is 2. The molecule has 2 aromatic carbocycles. The van der Waals surface area contributed by atoms with Crippen LogP contribution in [0.2, 0.25) is 5.02 Å². The van der Waals surface area contributed by atoms with Gasteiger partial charge in [0.2, 0.25) is 0 Å². The smallest absolute Gasteiger partial charge is 0.493 e. The molecule has 0 bridgehead atoms. The van der Waals surface area contributed by atoms with Crippen LogP contribution in [0.4, 0.5) is 24.7 Å². The van der Waals surface area contributed by atoms with Gasteiger partial charge >= 0.3 is 6.36 Å². The summed E-state index contributed by atoms with van der Waals surface area (Å²) in [6.45, 7) is 3.98. The van der Waals surface area contributed by atoms with Gasteiger partial charge in [-0.1, -0.05) is 18.0 Å². The fourth-order valence-corrected chi connectivity index (χ4v) is 4.10. The topological polar surface area (TPSA) is 46.6 Å². The van der Waals surface area contributed by atoms with E-state index in [9.17, 15) is 13.2 Å². The second-order valence-electron chi connectivity index (χ2n) is 7.94. The molecule has 0 radical (unpaired) electrons. The molecule has 0 atom stereocenters. The van der Waals surface area contributed by atoms with Crippen molar-refractivity contribution in [2.24, 2.45) is 0 Å². The first-order chi connectivity index (χ1) is 15.9. The van der Waals surface area contributed by atoms with Crippen LogP contribution in [0.25, 0.3) is 10.9 Å². The van der Waals surface area contributed by atoms with E-state index in [0.29, 0.717) is 28.7 Å². The first kappa shape index (κ1) is 23.4. The van der Waals surface area contributed by atoms with Crippen LogP contribution in [0.1, 0.15) is 25.7 Å². The van der Waals surface area contributed by atoms with Gasteiger partial charge in [0.05, 0.1) is 17.1 Å². The van der Waals surface area contributed by atoms with Crippen molar-refractivity contribution in [3.63, 3.8) is 0 Å². The molecule has 1 saturated heterocycles. The summed E-state index contributed by atoms with van der Waals surface area (Å²) in [6.07, 6.45) is 0.0992. The van der Waals surface area contributed by atoms with Gasteiger partial charge in [0.15, 0.2) is 0 Å². The average Bonchev–Trinajstić information content (AvgIpc) is 2.79. The van der Waals surface area contributed by atoms with Crippen molar-refractivity contribution in [1.29, 1.82) is 0 Å². The number of hydrogen-bond acceptors (Lipinski definition) is 5. The number of halogens is 4. The number of hydrogen-bond donors (Lipinski definition) is 1. The average molecular weight is 480 g/mol. The predicted molar refractivity (Wildman–Crippen MR) is 124 cm³/mol. The van der Waals surface area contributed by atoms with Gasteiger partial charge in [-0.2, -0.15) is 0 Å². The van der Waals surface area contributed by atoms with Crippen LogP contribution in [0.5, 0.6) is 11.5 Å². The van der Waals surface area contributed by atoms with E-state index in [0.717, 1.165) is 24.1 Å². The van der Waals surface area contributed by atoms with E-state index in [-0.39, 0.29) is 5.75 Å². The zero-order valence-electron chi connectivity index (χ0n) is 18.0. The zero-order chi connectivity index (χ0) is 23.3. The number of fused-ring (bicyclic) bond motifs is 1. The number of nitrogens with one attached hydrogen (secondary N) is 1. The van der Waals surface area contributed by atoms with E-state index in [1.807, 2.05) is 12.1 Å². The lowest BCUT2D eigenvalue weighted by atomic mass is 10.1. The SMILES string of the molecule is FC(F)(F)Oc1ccc(Nc2ccc3c(OCCCN4CCCCC4)ccc(Cl)c3n2)cc1. The number of anilines is 2. The van der Waals surface area contributed by atoms with E-state index in [1.165, 1.54) is 56.6 Å². The van der Waals surface area contributed by atoms with Gasteiger partial charge in [-0.15, -0.1) is 13.2 Å². The van der Waals surface area contributed by atoms with Crippen molar-refractivity contribution in [2.75, 3.05) is 31.6 Å². The number of piperidine rings is 1. The monoisotopic (exact) mass is 479 g/mol. The van der Waals surface area contributed by atoms with Crippen LogP contribution in [-0.2, 0) is 0 Å².